The average Bonchev–Trinajstić information content (AvgIpc) is 2.99. The molecule has 0 aliphatic rings. The number of rotatable bonds is 2. The molecule has 0 saturated heterocycles. The Morgan fingerprint density at radius 3 is 2.68 bits per heavy atom. The Morgan fingerprint density at radius 2 is 2.00 bits per heavy atom. The van der Waals surface area contributed by atoms with Crippen molar-refractivity contribution in [3.8, 4) is 0 Å². The van der Waals surface area contributed by atoms with Gasteiger partial charge in [0.05, 0.1) is 21.0 Å². The predicted octanol–water partition coefficient (Wildman–Crippen LogP) is 4.24. The molecule has 0 atom stereocenters. The minimum atomic E-state index is -0.143. The van der Waals surface area contributed by atoms with E-state index in [0.717, 1.165) is 19.9 Å². The molecule has 114 valence electrons. The molecule has 0 unspecified atom stereocenters. The lowest BCUT2D eigenvalue weighted by Gasteiger charge is -2.03. The smallest absolute Gasteiger partial charge is 0.253 e. The molecule has 3 nitrogen and oxygen atoms in total. The third-order valence-corrected chi connectivity index (χ3v) is 5.99. The van der Waals surface area contributed by atoms with Crippen LogP contribution in [0.1, 0.15) is 16.0 Å². The SMILES string of the molecule is Cc1ccc2sc(=NC(=O)Cc3ccc(Cl)s3)n(C)c2c1C. The summed E-state index contributed by atoms with van der Waals surface area (Å²) >= 11 is 8.85. The van der Waals surface area contributed by atoms with Crippen molar-refractivity contribution in [1.29, 1.82) is 0 Å². The van der Waals surface area contributed by atoms with Gasteiger partial charge in [-0.25, -0.2) is 0 Å². The molecule has 0 N–H and O–H groups in total. The maximum Gasteiger partial charge on any atom is 0.253 e. The second kappa shape index (κ2) is 5.99. The Morgan fingerprint density at radius 1 is 1.23 bits per heavy atom. The molecule has 0 saturated carbocycles. The molecular formula is C16H15ClN2OS2. The van der Waals surface area contributed by atoms with Crippen LogP contribution >= 0.6 is 34.3 Å². The van der Waals surface area contributed by atoms with Gasteiger partial charge in [0.25, 0.3) is 5.91 Å². The van der Waals surface area contributed by atoms with Crippen molar-refractivity contribution in [1.82, 2.24) is 4.57 Å². The van der Waals surface area contributed by atoms with Gasteiger partial charge in [0.15, 0.2) is 4.80 Å². The normalized spacial score (nSPS) is 12.3. The molecule has 6 heteroatoms. The summed E-state index contributed by atoms with van der Waals surface area (Å²) in [7, 11) is 1.96. The topological polar surface area (TPSA) is 34.4 Å². The average molecular weight is 351 g/mol. The minimum absolute atomic E-state index is 0.143. The Balaban J connectivity index is 2.00. The van der Waals surface area contributed by atoms with Crippen LogP contribution in [0.25, 0.3) is 10.2 Å². The number of carbonyl (C=O) groups is 1. The van der Waals surface area contributed by atoms with E-state index < -0.39 is 0 Å². The van der Waals surface area contributed by atoms with Crippen LogP contribution in [-0.2, 0) is 18.3 Å². The molecule has 3 aromatic rings. The highest BCUT2D eigenvalue weighted by molar-refractivity contribution is 7.16. The molecule has 0 fully saturated rings. The summed E-state index contributed by atoms with van der Waals surface area (Å²) in [5.41, 5.74) is 3.62. The van der Waals surface area contributed by atoms with E-state index in [1.54, 1.807) is 17.4 Å². The van der Waals surface area contributed by atoms with E-state index >= 15 is 0 Å². The second-order valence-corrected chi connectivity index (χ2v) is 7.99. The van der Waals surface area contributed by atoms with Crippen LogP contribution in [-0.4, -0.2) is 10.5 Å². The number of aromatic nitrogens is 1. The highest BCUT2D eigenvalue weighted by Crippen LogP contribution is 2.24. The number of aryl methyl sites for hydroxylation is 3. The molecule has 2 heterocycles. The van der Waals surface area contributed by atoms with Crippen LogP contribution in [0.15, 0.2) is 29.3 Å². The van der Waals surface area contributed by atoms with E-state index in [1.165, 1.54) is 22.5 Å². The molecule has 2 aromatic heterocycles. The first-order chi connectivity index (χ1) is 10.5. The zero-order chi connectivity index (χ0) is 15.9. The number of carbonyl (C=O) groups excluding carboxylic acids is 1. The van der Waals surface area contributed by atoms with Crippen LogP contribution in [0, 0.1) is 13.8 Å². The van der Waals surface area contributed by atoms with Crippen LogP contribution in [0.5, 0.6) is 0 Å². The van der Waals surface area contributed by atoms with E-state index in [4.69, 9.17) is 11.6 Å². The van der Waals surface area contributed by atoms with Crippen molar-refractivity contribution in [3.05, 3.63) is 49.4 Å². The van der Waals surface area contributed by atoms with Gasteiger partial charge in [0.1, 0.15) is 0 Å². The van der Waals surface area contributed by atoms with Gasteiger partial charge in [-0.2, -0.15) is 4.99 Å². The highest BCUT2D eigenvalue weighted by atomic mass is 35.5. The van der Waals surface area contributed by atoms with E-state index in [2.05, 4.69) is 31.0 Å². The largest absolute Gasteiger partial charge is 0.319 e. The minimum Gasteiger partial charge on any atom is -0.319 e. The van der Waals surface area contributed by atoms with Gasteiger partial charge in [-0.15, -0.1) is 11.3 Å². The summed E-state index contributed by atoms with van der Waals surface area (Å²) in [6.45, 7) is 4.19. The van der Waals surface area contributed by atoms with Gasteiger partial charge in [0.2, 0.25) is 0 Å². The zero-order valence-corrected chi connectivity index (χ0v) is 14.9. The van der Waals surface area contributed by atoms with Crippen LogP contribution < -0.4 is 4.80 Å². The third kappa shape index (κ3) is 2.89. The zero-order valence-electron chi connectivity index (χ0n) is 12.5. The number of hydrogen-bond donors (Lipinski definition) is 0. The highest BCUT2D eigenvalue weighted by Gasteiger charge is 2.10. The van der Waals surface area contributed by atoms with Crippen molar-refractivity contribution in [3.63, 3.8) is 0 Å². The number of benzene rings is 1. The molecule has 3 rings (SSSR count). The lowest BCUT2D eigenvalue weighted by atomic mass is 10.1. The van der Waals surface area contributed by atoms with Gasteiger partial charge in [-0.3, -0.25) is 4.79 Å². The maximum atomic E-state index is 12.2. The van der Waals surface area contributed by atoms with Gasteiger partial charge < -0.3 is 4.57 Å². The number of thiazole rings is 1. The number of hydrogen-bond acceptors (Lipinski definition) is 3. The first kappa shape index (κ1) is 15.5. The molecule has 22 heavy (non-hydrogen) atoms. The van der Waals surface area contributed by atoms with Crippen molar-refractivity contribution >= 4 is 50.4 Å². The first-order valence-corrected chi connectivity index (χ1v) is 8.84. The molecule has 0 aliphatic heterocycles. The standard InChI is InChI=1S/C16H15ClN2OS2/c1-9-4-6-12-15(10(9)2)19(3)16(22-12)18-14(20)8-11-5-7-13(17)21-11/h4-7H,8H2,1-3H3. The van der Waals surface area contributed by atoms with E-state index in [1.807, 2.05) is 17.7 Å². The Hall–Kier alpha value is -1.43. The monoisotopic (exact) mass is 350 g/mol. The van der Waals surface area contributed by atoms with Crippen molar-refractivity contribution < 1.29 is 4.79 Å². The fourth-order valence-electron chi connectivity index (χ4n) is 2.38. The summed E-state index contributed by atoms with van der Waals surface area (Å²) in [6, 6.07) is 7.87. The molecule has 0 aliphatic carbocycles. The molecule has 0 radical (unpaired) electrons. The number of fused-ring (bicyclic) bond motifs is 1. The van der Waals surface area contributed by atoms with Crippen molar-refractivity contribution in [2.45, 2.75) is 20.3 Å². The van der Waals surface area contributed by atoms with Gasteiger partial charge in [-0.05, 0) is 43.2 Å². The van der Waals surface area contributed by atoms with Gasteiger partial charge in [0, 0.05) is 11.9 Å². The molecule has 1 amide bonds. The third-order valence-electron chi connectivity index (χ3n) is 3.66. The van der Waals surface area contributed by atoms with E-state index in [0.29, 0.717) is 10.8 Å². The van der Waals surface area contributed by atoms with Crippen LogP contribution in [0.2, 0.25) is 4.34 Å². The van der Waals surface area contributed by atoms with Crippen LogP contribution in [0.3, 0.4) is 0 Å². The van der Waals surface area contributed by atoms with Gasteiger partial charge in [-0.1, -0.05) is 29.0 Å². The molecular weight excluding hydrogens is 336 g/mol. The van der Waals surface area contributed by atoms with Crippen molar-refractivity contribution in [2.75, 3.05) is 0 Å². The summed E-state index contributed by atoms with van der Waals surface area (Å²) in [4.78, 5) is 18.1. The van der Waals surface area contributed by atoms with Crippen LogP contribution in [0.4, 0.5) is 0 Å². The fourth-order valence-corrected chi connectivity index (χ4v) is 4.55. The Labute approximate surface area is 141 Å². The lowest BCUT2D eigenvalue weighted by molar-refractivity contribution is -0.117. The summed E-state index contributed by atoms with van der Waals surface area (Å²) in [5, 5.41) is 0. The summed E-state index contributed by atoms with van der Waals surface area (Å²) in [5.74, 6) is -0.143. The quantitative estimate of drug-likeness (QED) is 0.680. The Kier molecular flexibility index (Phi) is 4.21. The predicted molar refractivity (Wildman–Crippen MR) is 93.9 cm³/mol. The number of thiophene rings is 1. The number of halogens is 1. The van der Waals surface area contributed by atoms with E-state index in [9.17, 15) is 4.79 Å². The Bertz CT molecular complexity index is 933. The molecule has 0 bridgehead atoms. The molecule has 1 aromatic carbocycles. The lowest BCUT2D eigenvalue weighted by Crippen LogP contribution is -2.14. The fraction of sp³-hybridized carbons (Fsp3) is 0.250. The van der Waals surface area contributed by atoms with Crippen molar-refractivity contribution in [2.24, 2.45) is 12.0 Å². The number of amides is 1. The number of nitrogens with zero attached hydrogens (tertiary/aromatic N) is 2. The van der Waals surface area contributed by atoms with E-state index in [-0.39, 0.29) is 5.91 Å². The maximum absolute atomic E-state index is 12.2. The first-order valence-electron chi connectivity index (χ1n) is 6.83. The molecule has 0 spiro atoms. The van der Waals surface area contributed by atoms with Gasteiger partial charge >= 0.3 is 0 Å². The second-order valence-electron chi connectivity index (χ2n) is 5.19. The summed E-state index contributed by atoms with van der Waals surface area (Å²) < 4.78 is 3.85. The summed E-state index contributed by atoms with van der Waals surface area (Å²) in [6.07, 6.45) is 0.295.